The molecule has 1 aromatic heterocycles. The Morgan fingerprint density at radius 1 is 1.27 bits per heavy atom. The standard InChI is InChI=1S/C17H28N4O/c1-21-16(10-15(20-21)12-6-3-2-4-7-12)19-17(22)14-9-5-8-13(14)11-18/h10,12-14H,2-9,11,18H2,1H3,(H,19,22)/t13-,14-/m1/s1. The van der Waals surface area contributed by atoms with E-state index in [2.05, 4.69) is 16.5 Å². The molecule has 1 amide bonds. The van der Waals surface area contributed by atoms with Crippen LogP contribution < -0.4 is 11.1 Å². The zero-order valence-electron chi connectivity index (χ0n) is 13.6. The molecule has 3 N–H and O–H groups in total. The highest BCUT2D eigenvalue weighted by molar-refractivity contribution is 5.92. The Bertz CT molecular complexity index is 519. The van der Waals surface area contributed by atoms with Crippen molar-refractivity contribution in [1.82, 2.24) is 9.78 Å². The molecule has 2 fully saturated rings. The lowest BCUT2D eigenvalue weighted by molar-refractivity contribution is -0.120. The summed E-state index contributed by atoms with van der Waals surface area (Å²) in [5, 5.41) is 7.71. The van der Waals surface area contributed by atoms with E-state index in [1.54, 1.807) is 0 Å². The van der Waals surface area contributed by atoms with Crippen LogP contribution in [0.15, 0.2) is 6.07 Å². The number of rotatable bonds is 4. The van der Waals surface area contributed by atoms with Gasteiger partial charge in [0.2, 0.25) is 5.91 Å². The minimum absolute atomic E-state index is 0.0676. The number of nitrogens with zero attached hydrogens (tertiary/aromatic N) is 2. The van der Waals surface area contributed by atoms with E-state index in [1.165, 1.54) is 32.1 Å². The first-order valence-electron chi connectivity index (χ1n) is 8.74. The van der Waals surface area contributed by atoms with Gasteiger partial charge in [0.15, 0.2) is 0 Å². The fourth-order valence-corrected chi connectivity index (χ4v) is 4.09. The highest BCUT2D eigenvalue weighted by atomic mass is 16.2. The van der Waals surface area contributed by atoms with E-state index in [0.717, 1.165) is 30.8 Å². The molecule has 3 rings (SSSR count). The van der Waals surface area contributed by atoms with Crippen LogP contribution in [0.1, 0.15) is 63.0 Å². The van der Waals surface area contributed by atoms with Crippen LogP contribution in [0.25, 0.3) is 0 Å². The fourth-order valence-electron chi connectivity index (χ4n) is 4.09. The lowest BCUT2D eigenvalue weighted by Crippen LogP contribution is -2.30. The van der Waals surface area contributed by atoms with Crippen LogP contribution in [-0.2, 0) is 11.8 Å². The summed E-state index contributed by atoms with van der Waals surface area (Å²) < 4.78 is 1.81. The Morgan fingerprint density at radius 2 is 2.05 bits per heavy atom. The second-order valence-corrected chi connectivity index (χ2v) is 6.94. The Morgan fingerprint density at radius 3 is 2.77 bits per heavy atom. The van der Waals surface area contributed by atoms with E-state index in [4.69, 9.17) is 5.73 Å². The minimum atomic E-state index is 0.0676. The smallest absolute Gasteiger partial charge is 0.228 e. The van der Waals surface area contributed by atoms with E-state index in [-0.39, 0.29) is 11.8 Å². The highest BCUT2D eigenvalue weighted by Gasteiger charge is 2.32. The minimum Gasteiger partial charge on any atom is -0.330 e. The fraction of sp³-hybridized carbons (Fsp3) is 0.765. The van der Waals surface area contributed by atoms with Crippen LogP contribution in [0.4, 0.5) is 5.82 Å². The van der Waals surface area contributed by atoms with Gasteiger partial charge in [-0.05, 0) is 38.1 Å². The van der Waals surface area contributed by atoms with Crippen molar-refractivity contribution in [1.29, 1.82) is 0 Å². The predicted molar refractivity (Wildman–Crippen MR) is 87.5 cm³/mol. The van der Waals surface area contributed by atoms with Gasteiger partial charge in [-0.2, -0.15) is 5.10 Å². The summed E-state index contributed by atoms with van der Waals surface area (Å²) in [5.74, 6) is 1.91. The quantitative estimate of drug-likeness (QED) is 0.898. The largest absolute Gasteiger partial charge is 0.330 e. The molecule has 2 atom stereocenters. The van der Waals surface area contributed by atoms with Gasteiger partial charge in [-0.3, -0.25) is 9.48 Å². The molecule has 0 saturated heterocycles. The second-order valence-electron chi connectivity index (χ2n) is 6.94. The summed E-state index contributed by atoms with van der Waals surface area (Å²) in [6.07, 6.45) is 9.53. The number of nitrogens with one attached hydrogen (secondary N) is 1. The van der Waals surface area contributed by atoms with Gasteiger partial charge in [-0.1, -0.05) is 25.7 Å². The van der Waals surface area contributed by atoms with E-state index < -0.39 is 0 Å². The lowest BCUT2D eigenvalue weighted by Gasteiger charge is -2.19. The zero-order chi connectivity index (χ0) is 15.5. The summed E-state index contributed by atoms with van der Waals surface area (Å²) >= 11 is 0. The normalized spacial score (nSPS) is 26.3. The number of nitrogens with two attached hydrogens (primary N) is 1. The van der Waals surface area contributed by atoms with Crippen molar-refractivity contribution in [3.8, 4) is 0 Å². The predicted octanol–water partition coefficient (Wildman–Crippen LogP) is 2.78. The number of carbonyl (C=O) groups is 1. The van der Waals surface area contributed by atoms with Crippen LogP contribution in [-0.4, -0.2) is 22.2 Å². The Balaban J connectivity index is 1.67. The van der Waals surface area contributed by atoms with Crippen LogP contribution >= 0.6 is 0 Å². The van der Waals surface area contributed by atoms with Gasteiger partial charge in [-0.25, -0.2) is 0 Å². The van der Waals surface area contributed by atoms with Gasteiger partial charge in [0, 0.05) is 24.9 Å². The monoisotopic (exact) mass is 304 g/mol. The van der Waals surface area contributed by atoms with Crippen LogP contribution in [0.5, 0.6) is 0 Å². The first-order valence-corrected chi connectivity index (χ1v) is 8.74. The van der Waals surface area contributed by atoms with E-state index in [1.807, 2.05) is 11.7 Å². The summed E-state index contributed by atoms with van der Waals surface area (Å²) in [6, 6.07) is 2.07. The van der Waals surface area contributed by atoms with E-state index in [9.17, 15) is 4.79 Å². The van der Waals surface area contributed by atoms with Gasteiger partial charge in [-0.15, -0.1) is 0 Å². The average molecular weight is 304 g/mol. The Labute approximate surface area is 132 Å². The number of carbonyl (C=O) groups excluding carboxylic acids is 1. The van der Waals surface area contributed by atoms with E-state index in [0.29, 0.717) is 18.4 Å². The third-order valence-corrected chi connectivity index (χ3v) is 5.47. The molecule has 1 heterocycles. The van der Waals surface area contributed by atoms with Gasteiger partial charge in [0.25, 0.3) is 0 Å². The van der Waals surface area contributed by atoms with Crippen molar-refractivity contribution in [3.63, 3.8) is 0 Å². The number of aromatic nitrogens is 2. The second kappa shape index (κ2) is 6.82. The van der Waals surface area contributed by atoms with Crippen molar-refractivity contribution >= 4 is 11.7 Å². The Kier molecular flexibility index (Phi) is 4.81. The SMILES string of the molecule is Cn1nc(C2CCCCC2)cc1NC(=O)[C@@H]1CCC[C@@H]1CN. The first kappa shape index (κ1) is 15.5. The van der Waals surface area contributed by atoms with Crippen molar-refractivity contribution < 1.29 is 4.79 Å². The molecule has 1 aromatic rings. The Hall–Kier alpha value is -1.36. The van der Waals surface area contributed by atoms with Crippen LogP contribution in [0.2, 0.25) is 0 Å². The van der Waals surface area contributed by atoms with Crippen molar-refractivity contribution in [2.45, 2.75) is 57.3 Å². The summed E-state index contributed by atoms with van der Waals surface area (Å²) in [4.78, 5) is 12.5. The molecule has 0 aliphatic heterocycles. The summed E-state index contributed by atoms with van der Waals surface area (Å²) in [5.41, 5.74) is 6.93. The van der Waals surface area contributed by atoms with Crippen molar-refractivity contribution in [3.05, 3.63) is 11.8 Å². The highest BCUT2D eigenvalue weighted by Crippen LogP contribution is 2.34. The van der Waals surface area contributed by atoms with Crippen molar-refractivity contribution in [2.75, 3.05) is 11.9 Å². The van der Waals surface area contributed by atoms with Gasteiger partial charge in [0.1, 0.15) is 5.82 Å². The molecule has 0 radical (unpaired) electrons. The molecule has 0 unspecified atom stereocenters. The third kappa shape index (κ3) is 3.19. The average Bonchev–Trinajstić information content (AvgIpc) is 3.15. The molecular weight excluding hydrogens is 276 g/mol. The molecule has 0 aromatic carbocycles. The molecule has 0 bridgehead atoms. The molecule has 2 aliphatic rings. The maximum Gasteiger partial charge on any atom is 0.228 e. The number of aryl methyl sites for hydroxylation is 1. The van der Waals surface area contributed by atoms with Gasteiger partial charge < -0.3 is 11.1 Å². The lowest BCUT2D eigenvalue weighted by atomic mass is 9.87. The third-order valence-electron chi connectivity index (χ3n) is 5.47. The first-order chi connectivity index (χ1) is 10.7. The number of hydrogen-bond acceptors (Lipinski definition) is 3. The zero-order valence-corrected chi connectivity index (χ0v) is 13.6. The van der Waals surface area contributed by atoms with Crippen LogP contribution in [0, 0.1) is 11.8 Å². The molecule has 22 heavy (non-hydrogen) atoms. The molecule has 5 nitrogen and oxygen atoms in total. The molecule has 2 saturated carbocycles. The number of amides is 1. The topological polar surface area (TPSA) is 72.9 Å². The van der Waals surface area contributed by atoms with Gasteiger partial charge >= 0.3 is 0 Å². The maximum absolute atomic E-state index is 12.5. The maximum atomic E-state index is 12.5. The number of anilines is 1. The molecule has 122 valence electrons. The molecule has 0 spiro atoms. The molecule has 2 aliphatic carbocycles. The summed E-state index contributed by atoms with van der Waals surface area (Å²) in [7, 11) is 1.91. The molecule has 5 heteroatoms. The van der Waals surface area contributed by atoms with Crippen LogP contribution in [0.3, 0.4) is 0 Å². The van der Waals surface area contributed by atoms with Crippen molar-refractivity contribution in [2.24, 2.45) is 24.6 Å². The summed E-state index contributed by atoms with van der Waals surface area (Å²) in [6.45, 7) is 0.608. The van der Waals surface area contributed by atoms with E-state index >= 15 is 0 Å². The molecular formula is C17H28N4O. The number of hydrogen-bond donors (Lipinski definition) is 2. The van der Waals surface area contributed by atoms with Gasteiger partial charge in [0.05, 0.1) is 5.69 Å².